The molecule has 4 aromatic rings. The van der Waals surface area contributed by atoms with Gasteiger partial charge in [0.15, 0.2) is 0 Å². The molecule has 0 aliphatic carbocycles. The van der Waals surface area contributed by atoms with Gasteiger partial charge < -0.3 is 15.2 Å². The van der Waals surface area contributed by atoms with Crippen LogP contribution in [0, 0.1) is 0 Å². The van der Waals surface area contributed by atoms with Crippen LogP contribution in [0.4, 0.5) is 5.69 Å². The van der Waals surface area contributed by atoms with Gasteiger partial charge in [0.2, 0.25) is 0 Å². The largest absolute Gasteiger partial charge is 0.352 e. The first kappa shape index (κ1) is 19.5. The molecule has 5 nitrogen and oxygen atoms in total. The van der Waals surface area contributed by atoms with Gasteiger partial charge in [-0.15, -0.1) is 0 Å². The van der Waals surface area contributed by atoms with E-state index in [-0.39, 0.29) is 11.8 Å². The standard InChI is InChI=1S/C25H23N3O2/c1-2-26-24(29)19-11-8-12-20(15-19)27-25(30)22-17-28(16-18-9-4-3-5-10-18)23-14-7-6-13-21(22)23/h3-15,17H,2,16H2,1H3,(H,26,29)(H,27,30). The summed E-state index contributed by atoms with van der Waals surface area (Å²) in [5, 5.41) is 6.60. The molecule has 0 spiro atoms. The summed E-state index contributed by atoms with van der Waals surface area (Å²) in [5.74, 6) is -0.362. The molecule has 0 radical (unpaired) electrons. The Balaban J connectivity index is 1.63. The van der Waals surface area contributed by atoms with Crippen molar-refractivity contribution in [2.24, 2.45) is 0 Å². The smallest absolute Gasteiger partial charge is 0.257 e. The zero-order chi connectivity index (χ0) is 20.9. The highest BCUT2D eigenvalue weighted by Gasteiger charge is 2.16. The van der Waals surface area contributed by atoms with E-state index >= 15 is 0 Å². The molecule has 0 saturated heterocycles. The van der Waals surface area contributed by atoms with Gasteiger partial charge in [0.25, 0.3) is 11.8 Å². The van der Waals surface area contributed by atoms with Gasteiger partial charge in [-0.05, 0) is 36.8 Å². The van der Waals surface area contributed by atoms with Gasteiger partial charge in [-0.3, -0.25) is 9.59 Å². The molecule has 0 atom stereocenters. The number of rotatable bonds is 6. The zero-order valence-corrected chi connectivity index (χ0v) is 16.8. The van der Waals surface area contributed by atoms with Gasteiger partial charge in [-0.1, -0.05) is 54.6 Å². The molecule has 2 N–H and O–H groups in total. The van der Waals surface area contributed by atoms with Gasteiger partial charge in [-0.25, -0.2) is 0 Å². The topological polar surface area (TPSA) is 63.1 Å². The molecule has 0 aliphatic rings. The number of nitrogens with one attached hydrogen (secondary N) is 2. The van der Waals surface area contributed by atoms with Crippen LogP contribution in [0.25, 0.3) is 10.9 Å². The Morgan fingerprint density at radius 1 is 0.867 bits per heavy atom. The molecule has 30 heavy (non-hydrogen) atoms. The Kier molecular flexibility index (Phi) is 5.61. The zero-order valence-electron chi connectivity index (χ0n) is 16.8. The Hall–Kier alpha value is -3.86. The van der Waals surface area contributed by atoms with Crippen LogP contribution >= 0.6 is 0 Å². The molecular weight excluding hydrogens is 374 g/mol. The summed E-state index contributed by atoms with van der Waals surface area (Å²) in [6.07, 6.45) is 1.89. The lowest BCUT2D eigenvalue weighted by Crippen LogP contribution is -2.22. The molecule has 1 aromatic heterocycles. The molecule has 0 aliphatic heterocycles. The molecule has 4 rings (SSSR count). The summed E-state index contributed by atoms with van der Waals surface area (Å²) in [4.78, 5) is 25.2. The van der Waals surface area contributed by atoms with Crippen LogP contribution in [0.5, 0.6) is 0 Å². The van der Waals surface area contributed by atoms with Crippen molar-refractivity contribution in [3.8, 4) is 0 Å². The summed E-state index contributed by atoms with van der Waals surface area (Å²) < 4.78 is 2.09. The molecule has 1 heterocycles. The van der Waals surface area contributed by atoms with E-state index in [1.807, 2.05) is 55.6 Å². The first-order valence-corrected chi connectivity index (χ1v) is 9.97. The van der Waals surface area contributed by atoms with Crippen molar-refractivity contribution in [2.45, 2.75) is 13.5 Å². The first-order valence-electron chi connectivity index (χ1n) is 9.97. The molecular formula is C25H23N3O2. The van der Waals surface area contributed by atoms with E-state index in [4.69, 9.17) is 0 Å². The SMILES string of the molecule is CCNC(=O)c1cccc(NC(=O)c2cn(Cc3ccccc3)c3ccccc23)c1. The van der Waals surface area contributed by atoms with Crippen molar-refractivity contribution in [1.29, 1.82) is 0 Å². The van der Waals surface area contributed by atoms with Crippen LogP contribution in [0.3, 0.4) is 0 Å². The van der Waals surface area contributed by atoms with Gasteiger partial charge in [-0.2, -0.15) is 0 Å². The Labute approximate surface area is 175 Å². The number of para-hydroxylation sites is 1. The maximum atomic E-state index is 13.1. The first-order chi connectivity index (χ1) is 14.7. The second kappa shape index (κ2) is 8.66. The highest BCUT2D eigenvalue weighted by molar-refractivity contribution is 6.13. The van der Waals surface area contributed by atoms with Crippen molar-refractivity contribution in [3.05, 3.63) is 102 Å². The third kappa shape index (κ3) is 4.10. The van der Waals surface area contributed by atoms with Gasteiger partial charge in [0, 0.05) is 41.4 Å². The minimum atomic E-state index is -0.203. The molecule has 2 amide bonds. The maximum absolute atomic E-state index is 13.1. The summed E-state index contributed by atoms with van der Waals surface area (Å²) in [6.45, 7) is 3.10. The second-order valence-corrected chi connectivity index (χ2v) is 7.07. The number of aromatic nitrogens is 1. The number of carbonyl (C=O) groups excluding carboxylic acids is 2. The number of hydrogen-bond acceptors (Lipinski definition) is 2. The van der Waals surface area contributed by atoms with Crippen molar-refractivity contribution in [3.63, 3.8) is 0 Å². The molecule has 150 valence electrons. The summed E-state index contributed by atoms with van der Waals surface area (Å²) in [6, 6.07) is 25.0. The third-order valence-corrected chi connectivity index (χ3v) is 4.95. The lowest BCUT2D eigenvalue weighted by Gasteiger charge is -2.07. The fraction of sp³-hybridized carbons (Fsp3) is 0.120. The quantitative estimate of drug-likeness (QED) is 0.496. The van der Waals surface area contributed by atoms with E-state index in [0.717, 1.165) is 10.9 Å². The predicted molar refractivity (Wildman–Crippen MR) is 120 cm³/mol. The minimum Gasteiger partial charge on any atom is -0.352 e. The second-order valence-electron chi connectivity index (χ2n) is 7.07. The number of nitrogens with zero attached hydrogens (tertiary/aromatic N) is 1. The van der Waals surface area contributed by atoms with Gasteiger partial charge >= 0.3 is 0 Å². The van der Waals surface area contributed by atoms with E-state index in [1.165, 1.54) is 5.56 Å². The van der Waals surface area contributed by atoms with Gasteiger partial charge in [0.1, 0.15) is 0 Å². The van der Waals surface area contributed by atoms with Crippen molar-refractivity contribution in [1.82, 2.24) is 9.88 Å². The number of benzene rings is 3. The molecule has 0 saturated carbocycles. The normalized spacial score (nSPS) is 10.7. The fourth-order valence-electron chi connectivity index (χ4n) is 3.54. The monoisotopic (exact) mass is 397 g/mol. The van der Waals surface area contributed by atoms with Crippen LogP contribution in [0.2, 0.25) is 0 Å². The summed E-state index contributed by atoms with van der Waals surface area (Å²) >= 11 is 0. The molecule has 3 aromatic carbocycles. The number of hydrogen-bond donors (Lipinski definition) is 2. The van der Waals surface area contributed by atoms with E-state index < -0.39 is 0 Å². The van der Waals surface area contributed by atoms with Gasteiger partial charge in [0.05, 0.1) is 5.56 Å². The van der Waals surface area contributed by atoms with E-state index in [9.17, 15) is 9.59 Å². The molecule has 0 unspecified atom stereocenters. The average Bonchev–Trinajstić information content (AvgIpc) is 3.13. The summed E-state index contributed by atoms with van der Waals surface area (Å²) in [7, 11) is 0. The van der Waals surface area contributed by atoms with E-state index in [2.05, 4.69) is 27.3 Å². The van der Waals surface area contributed by atoms with Crippen LogP contribution < -0.4 is 10.6 Å². The number of fused-ring (bicyclic) bond motifs is 1. The Morgan fingerprint density at radius 3 is 2.43 bits per heavy atom. The number of anilines is 1. The Morgan fingerprint density at radius 2 is 1.63 bits per heavy atom. The molecule has 5 heteroatoms. The molecule has 0 fully saturated rings. The minimum absolute atomic E-state index is 0.159. The van der Waals surface area contributed by atoms with Crippen molar-refractivity contribution in [2.75, 3.05) is 11.9 Å². The number of carbonyl (C=O) groups is 2. The Bertz CT molecular complexity index is 1200. The third-order valence-electron chi connectivity index (χ3n) is 4.95. The van der Waals surface area contributed by atoms with Crippen LogP contribution in [-0.2, 0) is 6.54 Å². The molecule has 0 bridgehead atoms. The predicted octanol–water partition coefficient (Wildman–Crippen LogP) is 4.69. The lowest BCUT2D eigenvalue weighted by molar-refractivity contribution is 0.0954. The average molecular weight is 397 g/mol. The van der Waals surface area contributed by atoms with Crippen LogP contribution in [0.15, 0.2) is 85.1 Å². The lowest BCUT2D eigenvalue weighted by atomic mass is 10.1. The highest BCUT2D eigenvalue weighted by atomic mass is 16.2. The van der Waals surface area contributed by atoms with Crippen LogP contribution in [-0.4, -0.2) is 22.9 Å². The van der Waals surface area contributed by atoms with E-state index in [1.54, 1.807) is 24.3 Å². The van der Waals surface area contributed by atoms with Crippen molar-refractivity contribution >= 4 is 28.4 Å². The number of amides is 2. The van der Waals surface area contributed by atoms with Crippen LogP contribution in [0.1, 0.15) is 33.2 Å². The maximum Gasteiger partial charge on any atom is 0.257 e. The summed E-state index contributed by atoms with van der Waals surface area (Å²) in [5.41, 5.74) is 3.87. The fourth-order valence-corrected chi connectivity index (χ4v) is 3.54. The highest BCUT2D eigenvalue weighted by Crippen LogP contribution is 2.24. The van der Waals surface area contributed by atoms with E-state index in [0.29, 0.717) is 29.9 Å². The van der Waals surface area contributed by atoms with Crippen molar-refractivity contribution < 1.29 is 9.59 Å².